The minimum Gasteiger partial charge on any atom is -0.507 e. The van der Waals surface area contributed by atoms with E-state index in [9.17, 15) is 5.11 Å². The van der Waals surface area contributed by atoms with Crippen molar-refractivity contribution in [1.29, 1.82) is 0 Å². The van der Waals surface area contributed by atoms with Crippen LogP contribution in [0.4, 0.5) is 0 Å². The van der Waals surface area contributed by atoms with E-state index in [4.69, 9.17) is 0 Å². The SMILES string of the molecule is Oc1ccccc1-c1c2c(c(-c3ccccc3)c(-c3ccccc3)c1-c1ccccc1)-c1ccccc1C2. The molecule has 0 spiro atoms. The van der Waals surface area contributed by atoms with Crippen LogP contribution >= 0.6 is 0 Å². The van der Waals surface area contributed by atoms with Gasteiger partial charge in [0, 0.05) is 5.56 Å². The van der Waals surface area contributed by atoms with Gasteiger partial charge in [-0.25, -0.2) is 0 Å². The van der Waals surface area contributed by atoms with Crippen LogP contribution in [0.1, 0.15) is 11.1 Å². The summed E-state index contributed by atoms with van der Waals surface area (Å²) in [4.78, 5) is 0. The Morgan fingerprint density at radius 3 is 1.29 bits per heavy atom. The Morgan fingerprint density at radius 1 is 0.368 bits per heavy atom. The van der Waals surface area contributed by atoms with Gasteiger partial charge in [0.15, 0.2) is 0 Å². The number of fused-ring (bicyclic) bond motifs is 3. The summed E-state index contributed by atoms with van der Waals surface area (Å²) in [5.74, 6) is 0.300. The molecule has 1 aliphatic carbocycles. The third-order valence-electron chi connectivity index (χ3n) is 7.62. The fourth-order valence-corrected chi connectivity index (χ4v) is 6.05. The quantitative estimate of drug-likeness (QED) is 0.263. The van der Waals surface area contributed by atoms with Gasteiger partial charge in [0.25, 0.3) is 0 Å². The average molecular weight is 487 g/mol. The van der Waals surface area contributed by atoms with Crippen LogP contribution in [0, 0.1) is 0 Å². The van der Waals surface area contributed by atoms with Gasteiger partial charge in [-0.1, -0.05) is 133 Å². The predicted octanol–water partition coefficient (Wildman–Crippen LogP) is 9.63. The van der Waals surface area contributed by atoms with E-state index in [-0.39, 0.29) is 0 Å². The second kappa shape index (κ2) is 9.21. The van der Waals surface area contributed by atoms with Gasteiger partial charge in [-0.15, -0.1) is 0 Å². The molecule has 0 radical (unpaired) electrons. The molecular formula is C37H26O. The summed E-state index contributed by atoms with van der Waals surface area (Å²) in [6.45, 7) is 0. The lowest BCUT2D eigenvalue weighted by Gasteiger charge is -2.26. The van der Waals surface area contributed by atoms with Crippen LogP contribution < -0.4 is 0 Å². The molecule has 1 N–H and O–H groups in total. The molecule has 0 fully saturated rings. The van der Waals surface area contributed by atoms with E-state index in [1.165, 1.54) is 38.9 Å². The van der Waals surface area contributed by atoms with Crippen molar-refractivity contribution < 1.29 is 5.11 Å². The second-order valence-corrected chi connectivity index (χ2v) is 9.80. The van der Waals surface area contributed by atoms with Crippen LogP contribution in [0.25, 0.3) is 55.6 Å². The molecule has 1 heteroatoms. The molecule has 6 aromatic rings. The Morgan fingerprint density at radius 2 is 0.763 bits per heavy atom. The zero-order valence-electron chi connectivity index (χ0n) is 20.9. The van der Waals surface area contributed by atoms with Gasteiger partial charge in [0.1, 0.15) is 5.75 Å². The largest absolute Gasteiger partial charge is 0.507 e. The molecule has 0 amide bonds. The number of benzene rings is 6. The lowest BCUT2D eigenvalue weighted by atomic mass is 9.77. The maximum absolute atomic E-state index is 11.2. The van der Waals surface area contributed by atoms with Gasteiger partial charge in [-0.05, 0) is 73.7 Å². The molecule has 0 heterocycles. The molecule has 0 aliphatic heterocycles. The second-order valence-electron chi connectivity index (χ2n) is 9.80. The van der Waals surface area contributed by atoms with Gasteiger partial charge in [-0.3, -0.25) is 0 Å². The zero-order chi connectivity index (χ0) is 25.5. The normalized spacial score (nSPS) is 11.7. The van der Waals surface area contributed by atoms with Crippen molar-refractivity contribution in [2.24, 2.45) is 0 Å². The lowest BCUT2D eigenvalue weighted by molar-refractivity contribution is 0.477. The van der Waals surface area contributed by atoms with Crippen molar-refractivity contribution in [2.45, 2.75) is 6.42 Å². The first kappa shape index (κ1) is 22.3. The highest BCUT2D eigenvalue weighted by Crippen LogP contribution is 2.56. The molecule has 0 saturated carbocycles. The number of aromatic hydroxyl groups is 1. The molecule has 1 nitrogen and oxygen atoms in total. The molecule has 0 saturated heterocycles. The minimum absolute atomic E-state index is 0.300. The third kappa shape index (κ3) is 3.55. The Balaban J connectivity index is 1.76. The van der Waals surface area contributed by atoms with Crippen LogP contribution in [0.15, 0.2) is 140 Å². The molecule has 38 heavy (non-hydrogen) atoms. The average Bonchev–Trinajstić information content (AvgIpc) is 3.37. The summed E-state index contributed by atoms with van der Waals surface area (Å²) in [6.07, 6.45) is 0.823. The molecule has 0 aromatic heterocycles. The molecule has 6 aromatic carbocycles. The van der Waals surface area contributed by atoms with E-state index in [2.05, 4.69) is 121 Å². The highest BCUT2D eigenvalue weighted by atomic mass is 16.3. The topological polar surface area (TPSA) is 20.2 Å². The fraction of sp³-hybridized carbons (Fsp3) is 0.0270. The first-order chi connectivity index (χ1) is 18.8. The van der Waals surface area contributed by atoms with Crippen molar-refractivity contribution >= 4 is 0 Å². The molecule has 180 valence electrons. The number of rotatable bonds is 4. The van der Waals surface area contributed by atoms with E-state index in [1.807, 2.05) is 12.1 Å². The summed E-state index contributed by atoms with van der Waals surface area (Å²) in [5.41, 5.74) is 14.2. The Labute approximate surface area is 223 Å². The van der Waals surface area contributed by atoms with Crippen molar-refractivity contribution in [1.82, 2.24) is 0 Å². The van der Waals surface area contributed by atoms with Gasteiger partial charge in [0.05, 0.1) is 0 Å². The number of phenolic OH excluding ortho intramolecular Hbond substituents is 1. The van der Waals surface area contributed by atoms with E-state index in [0.717, 1.165) is 34.2 Å². The monoisotopic (exact) mass is 486 g/mol. The van der Waals surface area contributed by atoms with E-state index in [0.29, 0.717) is 5.75 Å². The standard InChI is InChI=1S/C37H26O/c38-32-23-13-12-22-30(32)37-31-24-28-20-10-11-21-29(28)36(31)34(26-16-6-2-7-17-26)33(25-14-4-1-5-15-25)35(37)27-18-8-3-9-19-27/h1-23,38H,24H2. The number of para-hydroxylation sites is 1. The zero-order valence-corrected chi connectivity index (χ0v) is 20.9. The number of hydrogen-bond donors (Lipinski definition) is 1. The summed E-state index contributed by atoms with van der Waals surface area (Å²) < 4.78 is 0. The van der Waals surface area contributed by atoms with E-state index >= 15 is 0 Å². The molecule has 0 bridgehead atoms. The minimum atomic E-state index is 0.300. The van der Waals surface area contributed by atoms with E-state index in [1.54, 1.807) is 6.07 Å². The molecule has 7 rings (SSSR count). The number of phenols is 1. The summed E-state index contributed by atoms with van der Waals surface area (Å²) in [6, 6.07) is 48.6. The first-order valence-electron chi connectivity index (χ1n) is 13.1. The smallest absolute Gasteiger partial charge is 0.123 e. The summed E-state index contributed by atoms with van der Waals surface area (Å²) >= 11 is 0. The van der Waals surface area contributed by atoms with Gasteiger partial charge < -0.3 is 5.11 Å². The maximum Gasteiger partial charge on any atom is 0.123 e. The predicted molar refractivity (Wildman–Crippen MR) is 158 cm³/mol. The van der Waals surface area contributed by atoms with Crippen LogP contribution in [-0.4, -0.2) is 5.11 Å². The third-order valence-corrected chi connectivity index (χ3v) is 7.62. The molecule has 0 atom stereocenters. The highest BCUT2D eigenvalue weighted by molar-refractivity contribution is 6.11. The fourth-order valence-electron chi connectivity index (χ4n) is 6.05. The summed E-state index contributed by atoms with van der Waals surface area (Å²) in [5, 5.41) is 11.2. The Bertz CT molecular complexity index is 1770. The summed E-state index contributed by atoms with van der Waals surface area (Å²) in [7, 11) is 0. The molecular weight excluding hydrogens is 460 g/mol. The van der Waals surface area contributed by atoms with Crippen molar-refractivity contribution in [3.63, 3.8) is 0 Å². The van der Waals surface area contributed by atoms with E-state index < -0.39 is 0 Å². The van der Waals surface area contributed by atoms with Crippen LogP contribution in [0.2, 0.25) is 0 Å². The van der Waals surface area contributed by atoms with Crippen molar-refractivity contribution in [3.8, 4) is 61.4 Å². The Kier molecular flexibility index (Phi) is 5.41. The maximum atomic E-state index is 11.2. The van der Waals surface area contributed by atoms with Gasteiger partial charge in [0.2, 0.25) is 0 Å². The molecule has 1 aliphatic rings. The lowest BCUT2D eigenvalue weighted by Crippen LogP contribution is -2.01. The van der Waals surface area contributed by atoms with Crippen LogP contribution in [0.5, 0.6) is 5.75 Å². The van der Waals surface area contributed by atoms with Crippen molar-refractivity contribution in [3.05, 3.63) is 151 Å². The van der Waals surface area contributed by atoms with Crippen molar-refractivity contribution in [2.75, 3.05) is 0 Å². The Hall–Kier alpha value is -4.88. The first-order valence-corrected chi connectivity index (χ1v) is 13.1. The molecule has 0 unspecified atom stereocenters. The van der Waals surface area contributed by atoms with Crippen LogP contribution in [-0.2, 0) is 6.42 Å². The highest BCUT2D eigenvalue weighted by Gasteiger charge is 2.32. The number of hydrogen-bond acceptors (Lipinski definition) is 1. The van der Waals surface area contributed by atoms with Crippen LogP contribution in [0.3, 0.4) is 0 Å². The van der Waals surface area contributed by atoms with Gasteiger partial charge in [-0.2, -0.15) is 0 Å². The van der Waals surface area contributed by atoms with Gasteiger partial charge >= 0.3 is 0 Å².